The van der Waals surface area contributed by atoms with Crippen molar-refractivity contribution in [1.29, 1.82) is 0 Å². The summed E-state index contributed by atoms with van der Waals surface area (Å²) in [5.74, 6) is -0.830. The second-order valence-electron chi connectivity index (χ2n) is 3.52. The first kappa shape index (κ1) is 12.4. The number of nitro benzene ring substituents is 1. The van der Waals surface area contributed by atoms with E-state index in [1.54, 1.807) is 6.07 Å². The molecule has 8 heteroatoms. The van der Waals surface area contributed by atoms with Crippen molar-refractivity contribution in [2.24, 2.45) is 0 Å². The summed E-state index contributed by atoms with van der Waals surface area (Å²) in [5, 5.41) is 29.6. The van der Waals surface area contributed by atoms with Crippen LogP contribution in [0.3, 0.4) is 0 Å². The number of nitrogens with one attached hydrogen (secondary N) is 1. The zero-order chi connectivity index (χ0) is 13.8. The molecule has 0 bridgehead atoms. The van der Waals surface area contributed by atoms with E-state index < -0.39 is 16.5 Å². The highest BCUT2D eigenvalue weighted by atomic mass is 16.6. The lowest BCUT2D eigenvalue weighted by molar-refractivity contribution is -0.385. The minimum absolute atomic E-state index is 0.158. The molecule has 1 amide bonds. The molecule has 2 aromatic rings. The Morgan fingerprint density at radius 3 is 2.79 bits per heavy atom. The van der Waals surface area contributed by atoms with Crippen molar-refractivity contribution in [3.8, 4) is 5.75 Å². The van der Waals surface area contributed by atoms with Gasteiger partial charge in [0.1, 0.15) is 11.3 Å². The summed E-state index contributed by atoms with van der Waals surface area (Å²) in [6, 6.07) is 6.25. The van der Waals surface area contributed by atoms with Crippen LogP contribution in [0.5, 0.6) is 5.75 Å². The van der Waals surface area contributed by atoms with Crippen LogP contribution in [0, 0.1) is 10.1 Å². The van der Waals surface area contributed by atoms with Crippen molar-refractivity contribution in [2.75, 3.05) is 5.32 Å². The Hall–Kier alpha value is -3.03. The number of anilines is 1. The minimum atomic E-state index is -0.747. The first-order valence-electron chi connectivity index (χ1n) is 5.14. The number of carbonyl (C=O) groups excluding carboxylic acids is 1. The van der Waals surface area contributed by atoms with Gasteiger partial charge in [0.15, 0.2) is 5.82 Å². The second-order valence-corrected chi connectivity index (χ2v) is 3.52. The van der Waals surface area contributed by atoms with Gasteiger partial charge in [-0.3, -0.25) is 14.9 Å². The maximum Gasteiger partial charge on any atom is 0.282 e. The number of hydrogen-bond acceptors (Lipinski definition) is 6. The third-order valence-electron chi connectivity index (χ3n) is 2.24. The van der Waals surface area contributed by atoms with E-state index in [-0.39, 0.29) is 17.1 Å². The van der Waals surface area contributed by atoms with Crippen molar-refractivity contribution < 1.29 is 14.8 Å². The van der Waals surface area contributed by atoms with Crippen molar-refractivity contribution >= 4 is 17.4 Å². The van der Waals surface area contributed by atoms with Crippen LogP contribution in [0.2, 0.25) is 0 Å². The molecular formula is C11H8N4O4. The van der Waals surface area contributed by atoms with Gasteiger partial charge in [0.25, 0.3) is 11.6 Å². The lowest BCUT2D eigenvalue weighted by Crippen LogP contribution is -2.15. The molecule has 1 heterocycles. The Balaban J connectivity index is 2.33. The third kappa shape index (κ3) is 2.80. The fraction of sp³-hybridized carbons (Fsp3) is 0. The molecule has 0 atom stereocenters. The van der Waals surface area contributed by atoms with E-state index in [1.165, 1.54) is 12.3 Å². The fourth-order valence-electron chi connectivity index (χ4n) is 1.42. The van der Waals surface area contributed by atoms with E-state index in [9.17, 15) is 20.0 Å². The summed E-state index contributed by atoms with van der Waals surface area (Å²) in [4.78, 5) is 22.0. The molecule has 0 unspecified atom stereocenters. The summed E-state index contributed by atoms with van der Waals surface area (Å²) in [6.45, 7) is 0. The molecule has 0 saturated carbocycles. The normalized spacial score (nSPS) is 9.89. The predicted octanol–water partition coefficient (Wildman–Crippen LogP) is 1.34. The van der Waals surface area contributed by atoms with Crippen molar-refractivity contribution in [2.45, 2.75) is 0 Å². The van der Waals surface area contributed by atoms with Crippen molar-refractivity contribution in [1.82, 2.24) is 10.2 Å². The summed E-state index contributed by atoms with van der Waals surface area (Å²) in [7, 11) is 0. The standard InChI is InChI=1S/C11H8N4O4/c16-7-3-4-9(15(18)19)8(6-7)11(17)13-10-2-1-5-12-14-10/h1-6,16H,(H,13,14,17). The number of hydrogen-bond donors (Lipinski definition) is 2. The quantitative estimate of drug-likeness (QED) is 0.635. The molecule has 96 valence electrons. The van der Waals surface area contributed by atoms with E-state index in [2.05, 4.69) is 15.5 Å². The average Bonchev–Trinajstić information content (AvgIpc) is 2.39. The lowest BCUT2D eigenvalue weighted by atomic mass is 10.1. The van der Waals surface area contributed by atoms with E-state index in [1.807, 2.05) is 0 Å². The Morgan fingerprint density at radius 2 is 2.16 bits per heavy atom. The molecular weight excluding hydrogens is 252 g/mol. The first-order chi connectivity index (χ1) is 9.08. The van der Waals surface area contributed by atoms with Gasteiger partial charge in [0, 0.05) is 12.3 Å². The largest absolute Gasteiger partial charge is 0.508 e. The predicted molar refractivity (Wildman–Crippen MR) is 64.7 cm³/mol. The van der Waals surface area contributed by atoms with Gasteiger partial charge in [0.05, 0.1) is 4.92 Å². The summed E-state index contributed by atoms with van der Waals surface area (Å²) in [5.41, 5.74) is -0.658. The van der Waals surface area contributed by atoms with Crippen LogP contribution in [-0.2, 0) is 0 Å². The van der Waals surface area contributed by atoms with Crippen LogP contribution >= 0.6 is 0 Å². The molecule has 0 spiro atoms. The Kier molecular flexibility index (Phi) is 3.33. The lowest BCUT2D eigenvalue weighted by Gasteiger charge is -2.04. The van der Waals surface area contributed by atoms with Crippen LogP contribution in [0.15, 0.2) is 36.5 Å². The molecule has 2 rings (SSSR count). The van der Waals surface area contributed by atoms with Gasteiger partial charge < -0.3 is 10.4 Å². The summed E-state index contributed by atoms with van der Waals surface area (Å²) >= 11 is 0. The van der Waals surface area contributed by atoms with Crippen molar-refractivity contribution in [3.05, 3.63) is 52.2 Å². The number of nitro groups is 1. The molecule has 2 N–H and O–H groups in total. The number of benzene rings is 1. The summed E-state index contributed by atoms with van der Waals surface area (Å²) in [6.07, 6.45) is 1.42. The SMILES string of the molecule is O=C(Nc1cccnn1)c1cc(O)ccc1[N+](=O)[O-]. The van der Waals surface area contributed by atoms with Crippen LogP contribution in [-0.4, -0.2) is 26.1 Å². The van der Waals surface area contributed by atoms with Gasteiger partial charge in [-0.25, -0.2) is 0 Å². The van der Waals surface area contributed by atoms with Gasteiger partial charge >= 0.3 is 0 Å². The van der Waals surface area contributed by atoms with Gasteiger partial charge in [0.2, 0.25) is 0 Å². The Labute approximate surface area is 106 Å². The minimum Gasteiger partial charge on any atom is -0.508 e. The first-order valence-corrected chi connectivity index (χ1v) is 5.14. The van der Waals surface area contributed by atoms with Crippen LogP contribution < -0.4 is 5.32 Å². The van der Waals surface area contributed by atoms with Gasteiger partial charge in [-0.05, 0) is 24.3 Å². The molecule has 1 aromatic heterocycles. The Bertz CT molecular complexity index is 630. The van der Waals surface area contributed by atoms with Crippen molar-refractivity contribution in [3.63, 3.8) is 0 Å². The van der Waals surface area contributed by atoms with E-state index >= 15 is 0 Å². The number of carbonyl (C=O) groups is 1. The second kappa shape index (κ2) is 5.08. The molecule has 0 aliphatic rings. The number of aromatic nitrogens is 2. The molecule has 0 saturated heterocycles. The Morgan fingerprint density at radius 1 is 1.37 bits per heavy atom. The third-order valence-corrected chi connectivity index (χ3v) is 2.24. The highest BCUT2D eigenvalue weighted by molar-refractivity contribution is 6.06. The topological polar surface area (TPSA) is 118 Å². The molecule has 1 aromatic carbocycles. The fourth-order valence-corrected chi connectivity index (χ4v) is 1.42. The highest BCUT2D eigenvalue weighted by Gasteiger charge is 2.21. The number of phenols is 1. The monoisotopic (exact) mass is 260 g/mol. The molecule has 19 heavy (non-hydrogen) atoms. The molecule has 8 nitrogen and oxygen atoms in total. The van der Waals surface area contributed by atoms with Gasteiger partial charge in [-0.15, -0.1) is 5.10 Å². The molecule has 0 aliphatic heterocycles. The van der Waals surface area contributed by atoms with E-state index in [0.29, 0.717) is 0 Å². The average molecular weight is 260 g/mol. The maximum absolute atomic E-state index is 11.9. The number of rotatable bonds is 3. The zero-order valence-electron chi connectivity index (χ0n) is 9.48. The van der Waals surface area contributed by atoms with Crippen LogP contribution in [0.4, 0.5) is 11.5 Å². The summed E-state index contributed by atoms with van der Waals surface area (Å²) < 4.78 is 0. The number of amides is 1. The number of aromatic hydroxyl groups is 1. The van der Waals surface area contributed by atoms with Crippen LogP contribution in [0.25, 0.3) is 0 Å². The van der Waals surface area contributed by atoms with Gasteiger partial charge in [-0.2, -0.15) is 5.10 Å². The van der Waals surface area contributed by atoms with Crippen LogP contribution in [0.1, 0.15) is 10.4 Å². The molecule has 0 radical (unpaired) electrons. The highest BCUT2D eigenvalue weighted by Crippen LogP contribution is 2.23. The zero-order valence-corrected chi connectivity index (χ0v) is 9.48. The van der Waals surface area contributed by atoms with E-state index in [4.69, 9.17) is 0 Å². The number of nitrogens with zero attached hydrogens (tertiary/aromatic N) is 3. The molecule has 0 fully saturated rings. The smallest absolute Gasteiger partial charge is 0.282 e. The van der Waals surface area contributed by atoms with Gasteiger partial charge in [-0.1, -0.05) is 0 Å². The number of phenolic OH excluding ortho intramolecular Hbond substituents is 1. The molecule has 0 aliphatic carbocycles. The van der Waals surface area contributed by atoms with E-state index in [0.717, 1.165) is 18.2 Å². The maximum atomic E-state index is 11.9.